The first-order valence-corrected chi connectivity index (χ1v) is 8.91. The molecule has 2 aromatic rings. The van der Waals surface area contributed by atoms with E-state index < -0.39 is 0 Å². The molecule has 0 aliphatic carbocycles. The molecule has 7 nitrogen and oxygen atoms in total. The summed E-state index contributed by atoms with van der Waals surface area (Å²) in [5, 5.41) is 2.76. The number of amides is 2. The first-order chi connectivity index (χ1) is 13.4. The number of carbonyl (C=O) groups excluding carboxylic acids is 2. The van der Waals surface area contributed by atoms with Crippen molar-refractivity contribution in [1.29, 1.82) is 0 Å². The van der Waals surface area contributed by atoms with Gasteiger partial charge >= 0.3 is 0 Å². The Morgan fingerprint density at radius 3 is 2.29 bits per heavy atom. The number of methoxy groups -OCH3 is 2. The third-order valence-corrected chi connectivity index (χ3v) is 4.06. The van der Waals surface area contributed by atoms with E-state index in [0.29, 0.717) is 30.3 Å². The summed E-state index contributed by atoms with van der Waals surface area (Å²) in [5.74, 6) is 1.45. The summed E-state index contributed by atoms with van der Waals surface area (Å²) in [6.45, 7) is 3.87. The van der Waals surface area contributed by atoms with Crippen molar-refractivity contribution in [2.75, 3.05) is 38.8 Å². The van der Waals surface area contributed by atoms with Crippen LogP contribution in [0.4, 0.5) is 5.69 Å². The van der Waals surface area contributed by atoms with Gasteiger partial charge in [0, 0.05) is 6.92 Å². The van der Waals surface area contributed by atoms with Crippen LogP contribution < -0.4 is 24.4 Å². The molecule has 0 unspecified atom stereocenters. The average Bonchev–Trinajstić information content (AvgIpc) is 2.69. The lowest BCUT2D eigenvalue weighted by molar-refractivity contribution is -0.123. The number of benzene rings is 2. The molecule has 0 heterocycles. The van der Waals surface area contributed by atoms with E-state index in [0.717, 1.165) is 11.3 Å². The van der Waals surface area contributed by atoms with Crippen molar-refractivity contribution in [3.05, 3.63) is 48.0 Å². The van der Waals surface area contributed by atoms with Crippen molar-refractivity contribution in [3.8, 4) is 17.2 Å². The number of carbonyl (C=O) groups is 2. The predicted molar refractivity (Wildman–Crippen MR) is 107 cm³/mol. The largest absolute Gasteiger partial charge is 0.497 e. The van der Waals surface area contributed by atoms with E-state index in [1.807, 2.05) is 19.1 Å². The van der Waals surface area contributed by atoms with Gasteiger partial charge < -0.3 is 19.5 Å². The second-order valence-corrected chi connectivity index (χ2v) is 6.15. The summed E-state index contributed by atoms with van der Waals surface area (Å²) >= 11 is 0. The van der Waals surface area contributed by atoms with Gasteiger partial charge in [0.05, 0.1) is 26.5 Å². The molecule has 0 saturated carbocycles. The van der Waals surface area contributed by atoms with Crippen LogP contribution in [0.2, 0.25) is 0 Å². The number of rotatable bonds is 9. The normalized spacial score (nSPS) is 10.1. The summed E-state index contributed by atoms with van der Waals surface area (Å²) < 4.78 is 16.0. The quantitative estimate of drug-likeness (QED) is 0.670. The maximum Gasteiger partial charge on any atom is 0.240 e. The zero-order valence-corrected chi connectivity index (χ0v) is 16.7. The second kappa shape index (κ2) is 10.2. The molecule has 2 rings (SSSR count). The summed E-state index contributed by atoms with van der Waals surface area (Å²) in [7, 11) is 3.13. The van der Waals surface area contributed by atoms with Crippen LogP contribution in [0.5, 0.6) is 17.2 Å². The van der Waals surface area contributed by atoms with E-state index in [4.69, 9.17) is 14.2 Å². The molecule has 150 valence electrons. The monoisotopic (exact) mass is 386 g/mol. The van der Waals surface area contributed by atoms with Crippen molar-refractivity contribution < 1.29 is 23.8 Å². The fourth-order valence-corrected chi connectivity index (χ4v) is 2.61. The third kappa shape index (κ3) is 5.90. The molecule has 0 aromatic heterocycles. The molecule has 0 radical (unpaired) electrons. The van der Waals surface area contributed by atoms with Crippen molar-refractivity contribution in [2.24, 2.45) is 0 Å². The maximum atomic E-state index is 12.3. The minimum absolute atomic E-state index is 0.0995. The van der Waals surface area contributed by atoms with Crippen LogP contribution >= 0.6 is 0 Å². The fraction of sp³-hybridized carbons (Fsp3) is 0.333. The lowest BCUT2D eigenvalue weighted by atomic mass is 10.2. The second-order valence-electron chi connectivity index (χ2n) is 6.15. The molecule has 7 heteroatoms. The van der Waals surface area contributed by atoms with Crippen LogP contribution in [-0.4, -0.2) is 45.7 Å². The molecule has 0 fully saturated rings. The van der Waals surface area contributed by atoms with Crippen LogP contribution in [0.15, 0.2) is 42.5 Å². The van der Waals surface area contributed by atoms with E-state index in [2.05, 4.69) is 5.32 Å². The fourth-order valence-electron chi connectivity index (χ4n) is 2.61. The van der Waals surface area contributed by atoms with E-state index in [1.54, 1.807) is 37.4 Å². The molecule has 0 spiro atoms. The Labute approximate surface area is 165 Å². The summed E-state index contributed by atoms with van der Waals surface area (Å²) in [6, 6.07) is 12.7. The molecule has 0 bridgehead atoms. The molecular formula is C21H26N2O5. The van der Waals surface area contributed by atoms with Crippen molar-refractivity contribution in [1.82, 2.24) is 5.32 Å². The molecule has 0 aliphatic rings. The van der Waals surface area contributed by atoms with Gasteiger partial charge in [0.25, 0.3) is 0 Å². The average molecular weight is 386 g/mol. The van der Waals surface area contributed by atoms with Crippen LogP contribution in [-0.2, 0) is 9.59 Å². The Balaban J connectivity index is 1.89. The Morgan fingerprint density at radius 1 is 1.00 bits per heavy atom. The molecule has 0 aliphatic heterocycles. The molecule has 28 heavy (non-hydrogen) atoms. The minimum atomic E-state index is -0.280. The van der Waals surface area contributed by atoms with Gasteiger partial charge in [-0.3, -0.25) is 14.5 Å². The van der Waals surface area contributed by atoms with Crippen molar-refractivity contribution >= 4 is 17.5 Å². The van der Waals surface area contributed by atoms with Crippen molar-refractivity contribution in [3.63, 3.8) is 0 Å². The topological polar surface area (TPSA) is 77.1 Å². The van der Waals surface area contributed by atoms with Gasteiger partial charge in [0.15, 0.2) is 0 Å². The van der Waals surface area contributed by atoms with Gasteiger partial charge in [-0.15, -0.1) is 0 Å². The zero-order valence-electron chi connectivity index (χ0n) is 16.7. The molecular weight excluding hydrogens is 360 g/mol. The van der Waals surface area contributed by atoms with E-state index in [1.165, 1.54) is 18.9 Å². The summed E-state index contributed by atoms with van der Waals surface area (Å²) in [5.41, 5.74) is 1.54. The molecule has 2 aromatic carbocycles. The summed E-state index contributed by atoms with van der Waals surface area (Å²) in [6.07, 6.45) is 0. The number of ether oxygens (including phenoxy) is 3. The number of aryl methyl sites for hydroxylation is 1. The van der Waals surface area contributed by atoms with E-state index >= 15 is 0 Å². The highest BCUT2D eigenvalue weighted by atomic mass is 16.5. The Hall–Kier alpha value is -3.22. The van der Waals surface area contributed by atoms with Gasteiger partial charge in [-0.25, -0.2) is 0 Å². The third-order valence-electron chi connectivity index (χ3n) is 4.06. The molecule has 1 N–H and O–H groups in total. The van der Waals surface area contributed by atoms with E-state index in [-0.39, 0.29) is 18.4 Å². The highest BCUT2D eigenvalue weighted by Crippen LogP contribution is 2.29. The number of anilines is 1. The highest BCUT2D eigenvalue weighted by molar-refractivity contribution is 5.98. The van der Waals surface area contributed by atoms with Gasteiger partial charge in [-0.2, -0.15) is 0 Å². The highest BCUT2D eigenvalue weighted by Gasteiger charge is 2.19. The molecule has 2 amide bonds. The van der Waals surface area contributed by atoms with Gasteiger partial charge in [0.2, 0.25) is 11.8 Å². The first-order valence-electron chi connectivity index (χ1n) is 8.91. The van der Waals surface area contributed by atoms with E-state index in [9.17, 15) is 9.59 Å². The predicted octanol–water partition coefficient (Wildman–Crippen LogP) is 2.56. The van der Waals surface area contributed by atoms with Gasteiger partial charge in [-0.1, -0.05) is 6.07 Å². The Kier molecular flexibility index (Phi) is 7.68. The standard InChI is InChI=1S/C21H26N2O5/c1-15-5-10-20(27-4)19(13-15)23(16(2)24)14-21(25)22-11-12-28-18-8-6-17(26-3)7-9-18/h5-10,13H,11-12,14H2,1-4H3,(H,22,25). The number of nitrogens with one attached hydrogen (secondary N) is 1. The molecule has 0 atom stereocenters. The summed E-state index contributed by atoms with van der Waals surface area (Å²) in [4.78, 5) is 25.8. The lowest BCUT2D eigenvalue weighted by Gasteiger charge is -2.23. The molecule has 0 saturated heterocycles. The Morgan fingerprint density at radius 2 is 1.68 bits per heavy atom. The number of nitrogens with zero attached hydrogens (tertiary/aromatic N) is 1. The Bertz CT molecular complexity index is 805. The maximum absolute atomic E-state index is 12.3. The van der Waals surface area contributed by atoms with Crippen LogP contribution in [0.25, 0.3) is 0 Å². The smallest absolute Gasteiger partial charge is 0.240 e. The van der Waals surface area contributed by atoms with Crippen LogP contribution in [0.1, 0.15) is 12.5 Å². The minimum Gasteiger partial charge on any atom is -0.497 e. The zero-order chi connectivity index (χ0) is 20.5. The SMILES string of the molecule is COc1ccc(OCCNC(=O)CN(C(C)=O)c2cc(C)ccc2OC)cc1. The van der Waals surface area contributed by atoms with Crippen molar-refractivity contribution in [2.45, 2.75) is 13.8 Å². The number of hydrogen-bond donors (Lipinski definition) is 1. The van der Waals surface area contributed by atoms with Crippen LogP contribution in [0.3, 0.4) is 0 Å². The van der Waals surface area contributed by atoms with Gasteiger partial charge in [0.1, 0.15) is 30.4 Å². The van der Waals surface area contributed by atoms with Crippen LogP contribution in [0, 0.1) is 6.92 Å². The van der Waals surface area contributed by atoms with Gasteiger partial charge in [-0.05, 0) is 48.9 Å². The number of hydrogen-bond acceptors (Lipinski definition) is 5. The first kappa shape index (κ1) is 21.1. The lowest BCUT2D eigenvalue weighted by Crippen LogP contribution is -2.41.